The second kappa shape index (κ2) is 10.5. The Morgan fingerprint density at radius 1 is 0.860 bits per heavy atom. The monoisotopic (exact) mass is 636 g/mol. The molecule has 0 bridgehead atoms. The quantitative estimate of drug-likeness (QED) is 0.225. The first-order valence-corrected chi connectivity index (χ1v) is 17.0. The van der Waals surface area contributed by atoms with Gasteiger partial charge in [-0.3, -0.25) is 0 Å². The van der Waals surface area contributed by atoms with E-state index in [0.29, 0.717) is 6.42 Å². The van der Waals surface area contributed by atoms with Crippen LogP contribution in [-0.4, -0.2) is 62.5 Å². The molecular formula is C36H32N2O4Se. The van der Waals surface area contributed by atoms with Gasteiger partial charge in [-0.25, -0.2) is 0 Å². The van der Waals surface area contributed by atoms with Crippen LogP contribution in [0.25, 0.3) is 0 Å². The van der Waals surface area contributed by atoms with Gasteiger partial charge >= 0.3 is 258 Å². The first-order chi connectivity index (χ1) is 21.1. The van der Waals surface area contributed by atoms with E-state index in [1.54, 1.807) is 7.11 Å². The molecule has 0 N–H and O–H groups in total. The van der Waals surface area contributed by atoms with E-state index in [1.165, 1.54) is 4.46 Å². The number of carbonyl (C=O) groups excluding carboxylic acids is 2. The van der Waals surface area contributed by atoms with Crippen molar-refractivity contribution in [1.82, 2.24) is 5.06 Å². The molecule has 1 spiro atoms. The normalized spacial score (nSPS) is 29.2. The van der Waals surface area contributed by atoms with Gasteiger partial charge in [-0.1, -0.05) is 0 Å². The summed E-state index contributed by atoms with van der Waals surface area (Å²) in [6.45, 7) is 0. The number of hydroxylamine groups is 2. The third-order valence-corrected chi connectivity index (χ3v) is 12.1. The van der Waals surface area contributed by atoms with Gasteiger partial charge in [0.15, 0.2) is 0 Å². The number of fused-ring (bicyclic) bond motifs is 4. The van der Waals surface area contributed by atoms with Gasteiger partial charge in [0.25, 0.3) is 0 Å². The van der Waals surface area contributed by atoms with E-state index >= 15 is 0 Å². The topological polar surface area (TPSA) is 59.1 Å². The van der Waals surface area contributed by atoms with E-state index < -0.39 is 5.60 Å². The van der Waals surface area contributed by atoms with Crippen molar-refractivity contribution < 1.29 is 19.2 Å². The van der Waals surface area contributed by atoms with Crippen molar-refractivity contribution in [3.05, 3.63) is 126 Å². The number of anilines is 1. The van der Waals surface area contributed by atoms with E-state index in [2.05, 4.69) is 47.5 Å². The van der Waals surface area contributed by atoms with Gasteiger partial charge in [-0.05, 0) is 0 Å². The van der Waals surface area contributed by atoms with Crippen LogP contribution in [0.15, 0.2) is 109 Å². The van der Waals surface area contributed by atoms with Gasteiger partial charge in [0, 0.05) is 0 Å². The maximum absolute atomic E-state index is 14.6. The summed E-state index contributed by atoms with van der Waals surface area (Å²) in [5.74, 6) is 0.533. The number of amides is 1. The predicted molar refractivity (Wildman–Crippen MR) is 166 cm³/mol. The van der Waals surface area contributed by atoms with Crippen LogP contribution < -0.4 is 14.1 Å². The third kappa shape index (κ3) is 4.06. The average Bonchev–Trinajstić information content (AvgIpc) is 3.52. The molecule has 7 heteroatoms. The Balaban J connectivity index is 1.25. The summed E-state index contributed by atoms with van der Waals surface area (Å²) in [5.41, 5.74) is 2.77. The molecule has 3 aliphatic heterocycles. The number of carbonyl (C=O) groups is 2. The van der Waals surface area contributed by atoms with Crippen molar-refractivity contribution in [1.29, 1.82) is 0 Å². The van der Waals surface area contributed by atoms with Crippen molar-refractivity contribution in [3.8, 4) is 5.75 Å². The fraction of sp³-hybridized carbons (Fsp3) is 0.278. The van der Waals surface area contributed by atoms with E-state index in [1.807, 2.05) is 71.6 Å². The number of methoxy groups -OCH3 is 1. The number of aryl methyl sites for hydroxylation is 1. The van der Waals surface area contributed by atoms with Gasteiger partial charge in [-0.15, -0.1) is 0 Å². The van der Waals surface area contributed by atoms with E-state index in [-0.39, 0.29) is 56.6 Å². The van der Waals surface area contributed by atoms with Crippen LogP contribution in [0.3, 0.4) is 0 Å². The van der Waals surface area contributed by atoms with Crippen molar-refractivity contribution in [2.75, 3.05) is 12.0 Å². The van der Waals surface area contributed by atoms with Gasteiger partial charge < -0.3 is 0 Å². The minimum atomic E-state index is -1.02. The van der Waals surface area contributed by atoms with Crippen LogP contribution in [-0.2, 0) is 16.1 Å². The summed E-state index contributed by atoms with van der Waals surface area (Å²) in [4.78, 5) is 37.7. The first kappa shape index (κ1) is 26.9. The molecule has 6 nitrogen and oxygen atoms in total. The van der Waals surface area contributed by atoms with Crippen LogP contribution >= 0.6 is 0 Å². The summed E-state index contributed by atoms with van der Waals surface area (Å²) in [7, 11) is 1.65. The Morgan fingerprint density at radius 3 is 2.30 bits per heavy atom. The number of hydrogen-bond acceptors (Lipinski definition) is 5. The number of benzene rings is 4. The molecule has 43 heavy (non-hydrogen) atoms. The van der Waals surface area contributed by atoms with Crippen LogP contribution in [0.2, 0.25) is 5.32 Å². The molecule has 4 aromatic rings. The van der Waals surface area contributed by atoms with Gasteiger partial charge in [-0.2, -0.15) is 0 Å². The Labute approximate surface area is 257 Å². The maximum atomic E-state index is 14.6. The molecule has 0 radical (unpaired) electrons. The molecular weight excluding hydrogens is 603 g/mol. The van der Waals surface area contributed by atoms with Crippen LogP contribution in [0.4, 0.5) is 5.69 Å². The van der Waals surface area contributed by atoms with Crippen LogP contribution in [0.5, 0.6) is 5.75 Å². The average molecular weight is 636 g/mol. The second-order valence-corrected chi connectivity index (χ2v) is 14.1. The molecule has 8 rings (SSSR count). The molecule has 6 atom stereocenters. The molecule has 0 unspecified atom stereocenters. The van der Waals surface area contributed by atoms with E-state index in [4.69, 9.17) is 9.57 Å². The number of ether oxygens (including phenoxy) is 1. The first-order valence-electron chi connectivity index (χ1n) is 14.9. The van der Waals surface area contributed by atoms with Gasteiger partial charge in [0.05, 0.1) is 0 Å². The fourth-order valence-electron chi connectivity index (χ4n) is 7.86. The molecule has 3 fully saturated rings. The number of β-lactam (4-membered cyclic amide) rings is 1. The van der Waals surface area contributed by atoms with Crippen LogP contribution in [0, 0.1) is 5.92 Å². The number of Topliss-reactive ketones (excluding diaryl/α,β-unsaturated/α-hetero) is 1. The Morgan fingerprint density at radius 2 is 1.56 bits per heavy atom. The van der Waals surface area contributed by atoms with Crippen LogP contribution in [0.1, 0.15) is 33.8 Å². The van der Waals surface area contributed by atoms with Gasteiger partial charge in [0.2, 0.25) is 0 Å². The van der Waals surface area contributed by atoms with E-state index in [0.717, 1.165) is 39.9 Å². The third-order valence-electron chi connectivity index (χ3n) is 9.77. The predicted octanol–water partition coefficient (Wildman–Crippen LogP) is 4.82. The zero-order valence-electron chi connectivity index (χ0n) is 23.8. The Bertz CT molecular complexity index is 1680. The molecule has 4 aromatic carbocycles. The number of nitrogens with zero attached hydrogens (tertiary/aromatic N) is 2. The van der Waals surface area contributed by atoms with E-state index in [9.17, 15) is 9.59 Å². The Kier molecular flexibility index (Phi) is 6.53. The standard InChI is InChI=1S/C36H32N2O4Se/c1-41-26-18-16-25(17-19-26)37-32-30(35(37)40)29(22-43-27-13-6-3-7-14-27)38-33(32)31(24-11-4-2-5-12-24)36(42-38)21-20-23-10-8-9-15-28(23)34(36)39/h2-19,29-33H,20-22H2,1H3/t29-,30-,31+,32-,33-,36+/m1/s1. The zero-order valence-corrected chi connectivity index (χ0v) is 25.5. The molecule has 3 saturated heterocycles. The molecule has 1 amide bonds. The second-order valence-electron chi connectivity index (χ2n) is 11.8. The minimum absolute atomic E-state index is 0.0584. The van der Waals surface area contributed by atoms with Crippen molar-refractivity contribution >= 4 is 36.8 Å². The zero-order chi connectivity index (χ0) is 29.1. The Hall–Kier alpha value is -3.74. The summed E-state index contributed by atoms with van der Waals surface area (Å²) in [5, 5.41) is 2.95. The van der Waals surface area contributed by atoms with Crippen molar-refractivity contribution in [2.45, 2.75) is 47.8 Å². The number of ketones is 1. The van der Waals surface area contributed by atoms with Gasteiger partial charge in [0.1, 0.15) is 0 Å². The molecule has 1 aliphatic carbocycles. The number of rotatable bonds is 6. The molecule has 216 valence electrons. The molecule has 3 heterocycles. The van der Waals surface area contributed by atoms with Crippen molar-refractivity contribution in [3.63, 3.8) is 0 Å². The summed E-state index contributed by atoms with van der Waals surface area (Å²) in [6.07, 6.45) is 1.39. The fourth-order valence-corrected chi connectivity index (χ4v) is 10.1. The summed E-state index contributed by atoms with van der Waals surface area (Å²) >= 11 is 0.150. The SMILES string of the molecule is COc1ccc(N2C(=O)[C@H]3[C@@H]2[C@H]2[C@H](c4ccccc4)[C@]4(CCc5ccccc5C4=O)ON2[C@@H]3C[Se]c2ccccc2)cc1. The summed E-state index contributed by atoms with van der Waals surface area (Å²) in [6, 6.07) is 36.2. The number of hydrogen-bond donors (Lipinski definition) is 0. The van der Waals surface area contributed by atoms with Crippen molar-refractivity contribution in [2.24, 2.45) is 5.92 Å². The summed E-state index contributed by atoms with van der Waals surface area (Å²) < 4.78 is 6.69. The molecule has 4 aliphatic rings. The molecule has 0 aromatic heterocycles. The molecule has 0 saturated carbocycles.